The van der Waals surface area contributed by atoms with E-state index in [4.69, 9.17) is 4.74 Å². The number of carbonyl (C=O) groups excluding carboxylic acids is 3. The summed E-state index contributed by atoms with van der Waals surface area (Å²) in [5.41, 5.74) is -0.719. The molecule has 0 unspecified atom stereocenters. The molecule has 2 aliphatic rings. The summed E-state index contributed by atoms with van der Waals surface area (Å²) >= 11 is 0. The number of rotatable bonds is 1. The lowest BCUT2D eigenvalue weighted by molar-refractivity contribution is -0.141. The van der Waals surface area contributed by atoms with E-state index in [2.05, 4.69) is 4.98 Å². The molecule has 0 radical (unpaired) electrons. The number of imide groups is 1. The Kier molecular flexibility index (Phi) is 4.06. The molecule has 1 aromatic rings. The third kappa shape index (κ3) is 3.13. The fraction of sp³-hybridized carbons (Fsp3) is 0.625. The van der Waals surface area contributed by atoms with E-state index in [0.717, 1.165) is 10.7 Å². The predicted molar refractivity (Wildman–Crippen MR) is 83.7 cm³/mol. The first kappa shape index (κ1) is 16.5. The zero-order valence-electron chi connectivity index (χ0n) is 14.2. The highest BCUT2D eigenvalue weighted by Crippen LogP contribution is 2.25. The molecule has 1 atom stereocenters. The van der Waals surface area contributed by atoms with Crippen LogP contribution in [-0.2, 0) is 27.4 Å². The molecule has 130 valence electrons. The van der Waals surface area contributed by atoms with E-state index in [1.165, 1.54) is 0 Å². The van der Waals surface area contributed by atoms with Gasteiger partial charge >= 0.3 is 6.09 Å². The van der Waals surface area contributed by atoms with Crippen LogP contribution in [0.3, 0.4) is 0 Å². The second-order valence-electron chi connectivity index (χ2n) is 7.10. The lowest BCUT2D eigenvalue weighted by atomic mass is 10.1. The Labute approximate surface area is 140 Å². The largest absolute Gasteiger partial charge is 0.443 e. The Morgan fingerprint density at radius 2 is 2.04 bits per heavy atom. The van der Waals surface area contributed by atoms with Crippen LogP contribution in [-0.4, -0.2) is 55.4 Å². The van der Waals surface area contributed by atoms with Crippen LogP contribution in [0.5, 0.6) is 0 Å². The molecule has 0 aromatic carbocycles. The van der Waals surface area contributed by atoms with Crippen molar-refractivity contribution in [1.29, 1.82) is 0 Å². The summed E-state index contributed by atoms with van der Waals surface area (Å²) < 4.78 is 7.28. The molecule has 0 spiro atoms. The highest BCUT2D eigenvalue weighted by molar-refractivity contribution is 6.00. The van der Waals surface area contributed by atoms with Crippen LogP contribution in [0.25, 0.3) is 0 Å². The highest BCUT2D eigenvalue weighted by Gasteiger charge is 2.44. The van der Waals surface area contributed by atoms with E-state index in [0.29, 0.717) is 26.1 Å². The maximum atomic E-state index is 12.8. The van der Waals surface area contributed by atoms with Crippen LogP contribution < -0.4 is 0 Å². The first-order valence-corrected chi connectivity index (χ1v) is 8.10. The van der Waals surface area contributed by atoms with Crippen LogP contribution >= 0.6 is 0 Å². The maximum absolute atomic E-state index is 12.8. The topological polar surface area (TPSA) is 84.7 Å². The molecule has 0 aliphatic carbocycles. The number of hydrogen-bond acceptors (Lipinski definition) is 5. The highest BCUT2D eigenvalue weighted by atomic mass is 16.6. The molecule has 24 heavy (non-hydrogen) atoms. The summed E-state index contributed by atoms with van der Waals surface area (Å²) in [6.07, 6.45) is 3.35. The van der Waals surface area contributed by atoms with Crippen LogP contribution in [0.4, 0.5) is 4.79 Å². The minimum Gasteiger partial charge on any atom is -0.443 e. The predicted octanol–water partition coefficient (Wildman–Crippen LogP) is 1.15. The van der Waals surface area contributed by atoms with E-state index in [1.54, 1.807) is 31.9 Å². The van der Waals surface area contributed by atoms with Gasteiger partial charge in [-0.05, 0) is 27.2 Å². The SMILES string of the molecule is CC(C)(C)OC(=O)N1C(=O)CC[C@H]1C(=O)N1CCn2ccnc2C1. The standard InChI is InChI=1S/C16H22N4O4/c1-16(2,3)24-15(23)20-11(4-5-13(20)21)14(22)19-9-8-18-7-6-17-12(18)10-19/h6-7,11H,4-5,8-10H2,1-3H3/t11-/m0/s1. The lowest BCUT2D eigenvalue weighted by Crippen LogP contribution is -2.51. The first-order chi connectivity index (χ1) is 11.3. The van der Waals surface area contributed by atoms with Gasteiger partial charge in [-0.3, -0.25) is 9.59 Å². The van der Waals surface area contributed by atoms with E-state index >= 15 is 0 Å². The molecule has 8 nitrogen and oxygen atoms in total. The number of nitrogens with zero attached hydrogens (tertiary/aromatic N) is 4. The first-order valence-electron chi connectivity index (χ1n) is 8.10. The van der Waals surface area contributed by atoms with Crippen molar-refractivity contribution < 1.29 is 19.1 Å². The molecule has 2 aliphatic heterocycles. The van der Waals surface area contributed by atoms with Crippen LogP contribution in [0.15, 0.2) is 12.4 Å². The zero-order valence-corrected chi connectivity index (χ0v) is 14.2. The number of amides is 3. The average Bonchev–Trinajstić information content (AvgIpc) is 3.09. The minimum atomic E-state index is -0.783. The van der Waals surface area contributed by atoms with Crippen molar-refractivity contribution in [3.8, 4) is 0 Å². The Morgan fingerprint density at radius 3 is 2.75 bits per heavy atom. The van der Waals surface area contributed by atoms with Gasteiger partial charge in [-0.2, -0.15) is 0 Å². The van der Waals surface area contributed by atoms with Crippen molar-refractivity contribution in [1.82, 2.24) is 19.4 Å². The van der Waals surface area contributed by atoms with Gasteiger partial charge in [0, 0.05) is 31.9 Å². The van der Waals surface area contributed by atoms with Crippen molar-refractivity contribution in [3.05, 3.63) is 18.2 Å². The molecule has 3 rings (SSSR count). The Balaban J connectivity index is 1.74. The molecule has 1 fully saturated rings. The Bertz CT molecular complexity index is 676. The molecule has 1 saturated heterocycles. The van der Waals surface area contributed by atoms with Crippen LogP contribution in [0.2, 0.25) is 0 Å². The summed E-state index contributed by atoms with van der Waals surface area (Å²) in [6, 6.07) is -0.783. The Morgan fingerprint density at radius 1 is 1.29 bits per heavy atom. The van der Waals surface area contributed by atoms with E-state index in [1.807, 2.05) is 10.8 Å². The number of imidazole rings is 1. The molecule has 0 bridgehead atoms. The maximum Gasteiger partial charge on any atom is 0.417 e. The van der Waals surface area contributed by atoms with Gasteiger partial charge in [0.25, 0.3) is 0 Å². The van der Waals surface area contributed by atoms with Gasteiger partial charge in [-0.15, -0.1) is 0 Å². The van der Waals surface area contributed by atoms with Gasteiger partial charge in [0.1, 0.15) is 17.5 Å². The van der Waals surface area contributed by atoms with Crippen LogP contribution in [0, 0.1) is 0 Å². The van der Waals surface area contributed by atoms with Gasteiger partial charge < -0.3 is 14.2 Å². The second kappa shape index (κ2) is 5.92. The number of carbonyl (C=O) groups is 3. The fourth-order valence-electron chi connectivity index (χ4n) is 3.03. The summed E-state index contributed by atoms with van der Waals surface area (Å²) in [7, 11) is 0. The number of ether oxygens (including phenoxy) is 1. The molecular formula is C16H22N4O4. The van der Waals surface area contributed by atoms with E-state index in [9.17, 15) is 14.4 Å². The van der Waals surface area contributed by atoms with Crippen molar-refractivity contribution in [2.75, 3.05) is 6.54 Å². The average molecular weight is 334 g/mol. The smallest absolute Gasteiger partial charge is 0.417 e. The van der Waals surface area contributed by atoms with Crippen molar-refractivity contribution >= 4 is 17.9 Å². The zero-order chi connectivity index (χ0) is 17.5. The summed E-state index contributed by atoms with van der Waals surface area (Å²) in [6.45, 7) is 6.77. The Hall–Kier alpha value is -2.38. The molecule has 0 N–H and O–H groups in total. The van der Waals surface area contributed by atoms with E-state index < -0.39 is 17.7 Å². The van der Waals surface area contributed by atoms with Gasteiger partial charge in [0.2, 0.25) is 11.8 Å². The van der Waals surface area contributed by atoms with Crippen molar-refractivity contribution in [2.24, 2.45) is 0 Å². The van der Waals surface area contributed by atoms with Gasteiger partial charge in [0.15, 0.2) is 0 Å². The molecule has 3 amide bonds. The quantitative estimate of drug-likeness (QED) is 0.769. The molecule has 0 saturated carbocycles. The number of fused-ring (bicyclic) bond motifs is 1. The summed E-state index contributed by atoms with van der Waals surface area (Å²) in [5.74, 6) is 0.227. The number of likely N-dealkylation sites (tertiary alicyclic amines) is 1. The van der Waals surface area contributed by atoms with Gasteiger partial charge in [-0.25, -0.2) is 14.7 Å². The normalized spacial score (nSPS) is 21.0. The third-order valence-corrected chi connectivity index (χ3v) is 4.14. The third-order valence-electron chi connectivity index (χ3n) is 4.14. The van der Waals surface area contributed by atoms with Gasteiger partial charge in [0.05, 0.1) is 6.54 Å². The number of hydrogen-bond donors (Lipinski definition) is 0. The molecule has 8 heteroatoms. The van der Waals surface area contributed by atoms with E-state index in [-0.39, 0.29) is 18.2 Å². The summed E-state index contributed by atoms with van der Waals surface area (Å²) in [4.78, 5) is 44.1. The van der Waals surface area contributed by atoms with Crippen LogP contribution in [0.1, 0.15) is 39.4 Å². The van der Waals surface area contributed by atoms with Gasteiger partial charge in [-0.1, -0.05) is 0 Å². The number of aromatic nitrogens is 2. The summed E-state index contributed by atoms with van der Waals surface area (Å²) in [5, 5.41) is 0. The molecule has 1 aromatic heterocycles. The molecule has 3 heterocycles. The lowest BCUT2D eigenvalue weighted by Gasteiger charge is -2.32. The van der Waals surface area contributed by atoms with Crippen molar-refractivity contribution in [2.45, 2.75) is 58.3 Å². The fourth-order valence-corrected chi connectivity index (χ4v) is 3.03. The monoisotopic (exact) mass is 334 g/mol. The minimum absolute atomic E-state index is 0.179. The molecular weight excluding hydrogens is 312 g/mol. The van der Waals surface area contributed by atoms with Crippen molar-refractivity contribution in [3.63, 3.8) is 0 Å². The second-order valence-corrected chi connectivity index (χ2v) is 7.10.